The zero-order valence-electron chi connectivity index (χ0n) is 9.40. The molecule has 1 atom stereocenters. The normalized spacial score (nSPS) is 19.4. The minimum atomic E-state index is -0.0709. The van der Waals surface area contributed by atoms with Gasteiger partial charge in [0.05, 0.1) is 11.8 Å². The number of hydrogen-bond donors (Lipinski definition) is 1. The van der Waals surface area contributed by atoms with Gasteiger partial charge in [0, 0.05) is 26.1 Å². The summed E-state index contributed by atoms with van der Waals surface area (Å²) in [7, 11) is 0. The maximum absolute atomic E-state index is 12.1. The fraction of sp³-hybridized carbons (Fsp3) is 0.455. The van der Waals surface area contributed by atoms with E-state index in [0.29, 0.717) is 23.3 Å². The summed E-state index contributed by atoms with van der Waals surface area (Å²) in [4.78, 5) is 24.7. The molecule has 2 rings (SSSR count). The van der Waals surface area contributed by atoms with Crippen LogP contribution in [0.25, 0.3) is 0 Å². The Bertz CT molecular complexity index is 444. The predicted molar refractivity (Wildman–Crippen MR) is 64.5 cm³/mol. The molecule has 1 aliphatic heterocycles. The molecule has 0 bridgehead atoms. The lowest BCUT2D eigenvalue weighted by atomic mass is 10.2. The zero-order chi connectivity index (χ0) is 12.4. The van der Waals surface area contributed by atoms with Gasteiger partial charge < -0.3 is 14.6 Å². The van der Waals surface area contributed by atoms with Crippen LogP contribution in [0.3, 0.4) is 0 Å². The Morgan fingerprint density at radius 1 is 1.59 bits per heavy atom. The molecule has 1 fully saturated rings. The molecule has 1 saturated heterocycles. The van der Waals surface area contributed by atoms with Crippen molar-refractivity contribution in [3.63, 3.8) is 0 Å². The van der Waals surface area contributed by atoms with Gasteiger partial charge in [0.15, 0.2) is 4.67 Å². The van der Waals surface area contributed by atoms with Crippen molar-refractivity contribution in [2.45, 2.75) is 19.4 Å². The maximum Gasteiger partial charge on any atom is 0.258 e. The van der Waals surface area contributed by atoms with Crippen LogP contribution in [0.4, 0.5) is 0 Å². The summed E-state index contributed by atoms with van der Waals surface area (Å²) in [5.41, 5.74) is 0.522. The van der Waals surface area contributed by atoms with Crippen molar-refractivity contribution in [1.29, 1.82) is 0 Å². The highest BCUT2D eigenvalue weighted by molar-refractivity contribution is 9.10. The molecule has 6 heteroatoms. The molecule has 0 radical (unpaired) electrons. The summed E-state index contributed by atoms with van der Waals surface area (Å²) >= 11 is 3.19. The van der Waals surface area contributed by atoms with Gasteiger partial charge in [0.2, 0.25) is 5.91 Å². The van der Waals surface area contributed by atoms with Gasteiger partial charge in [-0.15, -0.1) is 0 Å². The van der Waals surface area contributed by atoms with E-state index in [1.54, 1.807) is 11.0 Å². The number of carbonyl (C=O) groups is 2. The van der Waals surface area contributed by atoms with Crippen LogP contribution in [-0.2, 0) is 4.79 Å². The van der Waals surface area contributed by atoms with E-state index in [-0.39, 0.29) is 17.9 Å². The van der Waals surface area contributed by atoms with Gasteiger partial charge in [0.1, 0.15) is 0 Å². The fourth-order valence-electron chi connectivity index (χ4n) is 1.97. The van der Waals surface area contributed by atoms with Crippen molar-refractivity contribution in [2.75, 3.05) is 13.1 Å². The van der Waals surface area contributed by atoms with E-state index in [9.17, 15) is 9.59 Å². The lowest BCUT2D eigenvalue weighted by molar-refractivity contribution is -0.119. The molecule has 1 unspecified atom stereocenters. The molecule has 2 heterocycles. The van der Waals surface area contributed by atoms with E-state index in [0.717, 1.165) is 6.42 Å². The SMILES string of the molecule is CC(=O)NC1CCN(C(=O)c2ccoc2Br)C1. The predicted octanol–water partition coefficient (Wildman–Crippen LogP) is 1.39. The summed E-state index contributed by atoms with van der Waals surface area (Å²) in [6, 6.07) is 1.69. The Hall–Kier alpha value is -1.30. The molecular formula is C11H13BrN2O3. The van der Waals surface area contributed by atoms with E-state index in [2.05, 4.69) is 21.2 Å². The highest BCUT2D eigenvalue weighted by Gasteiger charge is 2.28. The average Bonchev–Trinajstić information content (AvgIpc) is 2.85. The minimum Gasteiger partial charge on any atom is -0.457 e. The number of likely N-dealkylation sites (tertiary alicyclic amines) is 1. The van der Waals surface area contributed by atoms with Gasteiger partial charge in [-0.3, -0.25) is 9.59 Å². The summed E-state index contributed by atoms with van der Waals surface area (Å²) in [5, 5.41) is 2.82. The quantitative estimate of drug-likeness (QED) is 0.898. The first-order chi connectivity index (χ1) is 8.08. The van der Waals surface area contributed by atoms with Crippen LogP contribution in [0.15, 0.2) is 21.4 Å². The second-order valence-corrected chi connectivity index (χ2v) is 4.77. The van der Waals surface area contributed by atoms with Gasteiger partial charge >= 0.3 is 0 Å². The van der Waals surface area contributed by atoms with Gasteiger partial charge in [-0.2, -0.15) is 0 Å². The van der Waals surface area contributed by atoms with Gasteiger partial charge in [0.25, 0.3) is 5.91 Å². The second-order valence-electron chi connectivity index (χ2n) is 4.05. The van der Waals surface area contributed by atoms with E-state index < -0.39 is 0 Å². The molecule has 1 aromatic heterocycles. The first kappa shape index (κ1) is 12.2. The smallest absolute Gasteiger partial charge is 0.258 e. The average molecular weight is 301 g/mol. The number of carbonyl (C=O) groups excluding carboxylic acids is 2. The fourth-order valence-corrected chi connectivity index (χ4v) is 2.38. The molecule has 0 saturated carbocycles. The largest absolute Gasteiger partial charge is 0.457 e. The van der Waals surface area contributed by atoms with Crippen LogP contribution < -0.4 is 5.32 Å². The topological polar surface area (TPSA) is 62.6 Å². The number of nitrogens with one attached hydrogen (secondary N) is 1. The van der Waals surface area contributed by atoms with Crippen molar-refractivity contribution < 1.29 is 14.0 Å². The number of hydrogen-bond acceptors (Lipinski definition) is 3. The zero-order valence-corrected chi connectivity index (χ0v) is 11.0. The lowest BCUT2D eigenvalue weighted by Gasteiger charge is -2.16. The molecular weight excluding hydrogens is 288 g/mol. The summed E-state index contributed by atoms with van der Waals surface area (Å²) < 4.78 is 5.49. The lowest BCUT2D eigenvalue weighted by Crippen LogP contribution is -2.37. The van der Waals surface area contributed by atoms with E-state index in [1.807, 2.05) is 0 Å². The Morgan fingerprint density at radius 3 is 2.94 bits per heavy atom. The molecule has 2 amide bonds. The van der Waals surface area contributed by atoms with E-state index in [4.69, 9.17) is 4.42 Å². The molecule has 92 valence electrons. The molecule has 1 aromatic rings. The molecule has 0 aliphatic carbocycles. The third-order valence-corrected chi connectivity index (χ3v) is 3.35. The maximum atomic E-state index is 12.1. The molecule has 0 spiro atoms. The third-order valence-electron chi connectivity index (χ3n) is 2.73. The van der Waals surface area contributed by atoms with Crippen LogP contribution in [0.1, 0.15) is 23.7 Å². The summed E-state index contributed by atoms with van der Waals surface area (Å²) in [6.07, 6.45) is 2.26. The van der Waals surface area contributed by atoms with Crippen LogP contribution in [0.5, 0.6) is 0 Å². The minimum absolute atomic E-state index is 0.0575. The molecule has 17 heavy (non-hydrogen) atoms. The number of halogens is 1. The first-order valence-electron chi connectivity index (χ1n) is 5.37. The van der Waals surface area contributed by atoms with Gasteiger partial charge in [-0.05, 0) is 28.4 Å². The second kappa shape index (κ2) is 4.91. The number of rotatable bonds is 2. The standard InChI is InChI=1S/C11H13BrN2O3/c1-7(15)13-8-2-4-14(6-8)11(16)9-3-5-17-10(9)12/h3,5,8H,2,4,6H2,1H3,(H,13,15). The highest BCUT2D eigenvalue weighted by Crippen LogP contribution is 2.21. The van der Waals surface area contributed by atoms with Gasteiger partial charge in [-0.1, -0.05) is 0 Å². The van der Waals surface area contributed by atoms with Crippen molar-refractivity contribution in [3.05, 3.63) is 22.6 Å². The van der Waals surface area contributed by atoms with Crippen LogP contribution in [0.2, 0.25) is 0 Å². The number of amides is 2. The Balaban J connectivity index is 1.99. The van der Waals surface area contributed by atoms with Crippen LogP contribution >= 0.6 is 15.9 Å². The van der Waals surface area contributed by atoms with Gasteiger partial charge in [-0.25, -0.2) is 0 Å². The van der Waals surface area contributed by atoms with Crippen molar-refractivity contribution in [1.82, 2.24) is 10.2 Å². The Kier molecular flexibility index (Phi) is 3.51. The Labute approximate surface area is 107 Å². The summed E-state index contributed by atoms with van der Waals surface area (Å²) in [5.74, 6) is -0.132. The highest BCUT2D eigenvalue weighted by atomic mass is 79.9. The van der Waals surface area contributed by atoms with Crippen LogP contribution in [0, 0.1) is 0 Å². The molecule has 1 aliphatic rings. The Morgan fingerprint density at radius 2 is 2.35 bits per heavy atom. The third kappa shape index (κ3) is 2.69. The van der Waals surface area contributed by atoms with Crippen LogP contribution in [-0.4, -0.2) is 35.8 Å². The monoisotopic (exact) mass is 300 g/mol. The number of furan rings is 1. The summed E-state index contributed by atoms with van der Waals surface area (Å²) in [6.45, 7) is 2.69. The molecule has 5 nitrogen and oxygen atoms in total. The van der Waals surface area contributed by atoms with Crippen molar-refractivity contribution >= 4 is 27.7 Å². The molecule has 1 N–H and O–H groups in total. The molecule has 0 aromatic carbocycles. The van der Waals surface area contributed by atoms with E-state index >= 15 is 0 Å². The van der Waals surface area contributed by atoms with E-state index in [1.165, 1.54) is 13.2 Å². The number of nitrogens with zero attached hydrogens (tertiary/aromatic N) is 1. The van der Waals surface area contributed by atoms with Crippen molar-refractivity contribution in [2.24, 2.45) is 0 Å². The first-order valence-corrected chi connectivity index (χ1v) is 6.16. The van der Waals surface area contributed by atoms with Crippen molar-refractivity contribution in [3.8, 4) is 0 Å².